The summed E-state index contributed by atoms with van der Waals surface area (Å²) in [6.07, 6.45) is -1.96. The molecule has 7 heteroatoms. The molecular weight excluding hydrogens is 349 g/mol. The van der Waals surface area contributed by atoms with Crippen molar-refractivity contribution in [3.8, 4) is 5.75 Å². The molecular formula is C19H15F3O4. The number of benzene rings is 2. The molecule has 2 aromatic carbocycles. The molecule has 0 atom stereocenters. The number of ether oxygens (including phenoxy) is 1. The summed E-state index contributed by atoms with van der Waals surface area (Å²) in [6, 6.07) is 10.7. The van der Waals surface area contributed by atoms with E-state index in [-0.39, 0.29) is 18.6 Å². The van der Waals surface area contributed by atoms with Gasteiger partial charge in [0.25, 0.3) is 0 Å². The predicted octanol–water partition coefficient (Wildman–Crippen LogP) is 4.46. The first-order valence-electron chi connectivity index (χ1n) is 7.60. The van der Waals surface area contributed by atoms with Gasteiger partial charge in [-0.1, -0.05) is 30.3 Å². The number of carboxylic acid groups (broad SMARTS) is 1. The number of hydrogen-bond acceptors (Lipinski definition) is 3. The van der Waals surface area contributed by atoms with Crippen LogP contribution in [0.3, 0.4) is 0 Å². The highest BCUT2D eigenvalue weighted by Gasteiger charge is 2.30. The van der Waals surface area contributed by atoms with Gasteiger partial charge in [0, 0.05) is 5.56 Å². The average Bonchev–Trinajstić information content (AvgIpc) is 2.60. The van der Waals surface area contributed by atoms with E-state index in [1.807, 2.05) is 0 Å². The van der Waals surface area contributed by atoms with Crippen LogP contribution >= 0.6 is 0 Å². The summed E-state index contributed by atoms with van der Waals surface area (Å²) in [7, 11) is 0. The molecule has 0 saturated heterocycles. The first-order valence-corrected chi connectivity index (χ1v) is 7.60. The van der Waals surface area contributed by atoms with Crippen LogP contribution in [0.15, 0.2) is 54.6 Å². The van der Waals surface area contributed by atoms with Crippen LogP contribution in [0.4, 0.5) is 13.2 Å². The third-order valence-corrected chi connectivity index (χ3v) is 3.37. The minimum Gasteiger partial charge on any atom is -0.493 e. The van der Waals surface area contributed by atoms with Gasteiger partial charge in [0.1, 0.15) is 5.75 Å². The molecule has 0 saturated carbocycles. The Balaban J connectivity index is 2.01. The molecule has 136 valence electrons. The second-order valence-electron chi connectivity index (χ2n) is 5.34. The van der Waals surface area contributed by atoms with Gasteiger partial charge >= 0.3 is 12.1 Å². The summed E-state index contributed by atoms with van der Waals surface area (Å²) in [5.41, 5.74) is -0.278. The smallest absolute Gasteiger partial charge is 0.416 e. The lowest BCUT2D eigenvalue weighted by atomic mass is 10.1. The highest BCUT2D eigenvalue weighted by Crippen LogP contribution is 2.29. The van der Waals surface area contributed by atoms with Gasteiger partial charge in [-0.25, -0.2) is 0 Å². The number of carbonyl (C=O) groups is 2. The maximum absolute atomic E-state index is 12.7. The molecule has 26 heavy (non-hydrogen) atoms. The highest BCUT2D eigenvalue weighted by molar-refractivity contribution is 6.06. The zero-order valence-corrected chi connectivity index (χ0v) is 13.5. The van der Waals surface area contributed by atoms with Gasteiger partial charge in [0.2, 0.25) is 0 Å². The van der Waals surface area contributed by atoms with E-state index in [0.717, 1.165) is 12.1 Å². The van der Waals surface area contributed by atoms with Gasteiger partial charge in [-0.05, 0) is 35.9 Å². The Hall–Kier alpha value is -3.09. The van der Waals surface area contributed by atoms with Crippen LogP contribution < -0.4 is 4.74 Å². The molecule has 0 heterocycles. The van der Waals surface area contributed by atoms with Crippen molar-refractivity contribution < 1.29 is 32.6 Å². The van der Waals surface area contributed by atoms with Crippen LogP contribution in [0.1, 0.15) is 27.9 Å². The standard InChI is InChI=1S/C19H15F3O4/c20-19(21,22)15-3-1-2-14(12-15)17(23)9-6-13-4-7-16(8-5-13)26-11-10-18(24)25/h1-9,12H,10-11H2,(H,24,25)/b9-6+. The van der Waals surface area contributed by atoms with E-state index in [1.54, 1.807) is 24.3 Å². The van der Waals surface area contributed by atoms with E-state index in [1.165, 1.54) is 24.3 Å². The van der Waals surface area contributed by atoms with Crippen LogP contribution in [-0.2, 0) is 11.0 Å². The summed E-state index contributed by atoms with van der Waals surface area (Å²) in [6.45, 7) is 0.0402. The second-order valence-corrected chi connectivity index (χ2v) is 5.34. The normalized spacial score (nSPS) is 11.5. The fourth-order valence-corrected chi connectivity index (χ4v) is 2.05. The van der Waals surface area contributed by atoms with Crippen molar-refractivity contribution in [2.75, 3.05) is 6.61 Å². The number of rotatable bonds is 7. The molecule has 0 spiro atoms. The van der Waals surface area contributed by atoms with Crippen molar-refractivity contribution in [1.82, 2.24) is 0 Å². The van der Waals surface area contributed by atoms with Crippen molar-refractivity contribution in [2.24, 2.45) is 0 Å². The Morgan fingerprint density at radius 3 is 2.38 bits per heavy atom. The minimum absolute atomic E-state index is 0.0402. The quantitative estimate of drug-likeness (QED) is 0.582. The summed E-state index contributed by atoms with van der Waals surface area (Å²) in [5.74, 6) is -1.02. The highest BCUT2D eigenvalue weighted by atomic mass is 19.4. The molecule has 0 aliphatic heterocycles. The monoisotopic (exact) mass is 364 g/mol. The zero-order chi connectivity index (χ0) is 19.2. The molecule has 0 unspecified atom stereocenters. The Morgan fingerprint density at radius 2 is 1.77 bits per heavy atom. The number of hydrogen-bond donors (Lipinski definition) is 1. The largest absolute Gasteiger partial charge is 0.493 e. The zero-order valence-electron chi connectivity index (χ0n) is 13.5. The minimum atomic E-state index is -4.50. The lowest BCUT2D eigenvalue weighted by molar-refractivity contribution is -0.138. The summed E-state index contributed by atoms with van der Waals surface area (Å²) >= 11 is 0. The number of aliphatic carboxylic acids is 1. The van der Waals surface area contributed by atoms with E-state index < -0.39 is 23.5 Å². The number of carboxylic acids is 1. The molecule has 0 radical (unpaired) electrons. The Kier molecular flexibility index (Phi) is 6.16. The van der Waals surface area contributed by atoms with Crippen molar-refractivity contribution in [1.29, 1.82) is 0 Å². The lowest BCUT2D eigenvalue weighted by Crippen LogP contribution is -2.06. The van der Waals surface area contributed by atoms with Crippen molar-refractivity contribution >= 4 is 17.8 Å². The van der Waals surface area contributed by atoms with Crippen molar-refractivity contribution in [2.45, 2.75) is 12.6 Å². The predicted molar refractivity (Wildman–Crippen MR) is 89.0 cm³/mol. The van der Waals surface area contributed by atoms with E-state index in [0.29, 0.717) is 11.3 Å². The van der Waals surface area contributed by atoms with Crippen LogP contribution in [0.25, 0.3) is 6.08 Å². The SMILES string of the molecule is O=C(O)CCOc1ccc(/C=C/C(=O)c2cccc(C(F)(F)F)c2)cc1. The number of carbonyl (C=O) groups excluding carboxylic acids is 1. The molecule has 1 N–H and O–H groups in total. The van der Waals surface area contributed by atoms with Crippen molar-refractivity contribution in [3.63, 3.8) is 0 Å². The van der Waals surface area contributed by atoms with Gasteiger partial charge < -0.3 is 9.84 Å². The number of alkyl halides is 3. The molecule has 0 bridgehead atoms. The molecule has 0 aliphatic carbocycles. The topological polar surface area (TPSA) is 63.6 Å². The van der Waals surface area contributed by atoms with Gasteiger partial charge in [-0.2, -0.15) is 13.2 Å². The average molecular weight is 364 g/mol. The summed E-state index contributed by atoms with van der Waals surface area (Å²) in [4.78, 5) is 22.4. The Bertz CT molecular complexity index is 808. The van der Waals surface area contributed by atoms with Crippen molar-refractivity contribution in [3.05, 3.63) is 71.3 Å². The first kappa shape index (κ1) is 19.2. The third-order valence-electron chi connectivity index (χ3n) is 3.37. The third kappa shape index (κ3) is 5.77. The van der Waals surface area contributed by atoms with Crippen LogP contribution in [-0.4, -0.2) is 23.5 Å². The number of halogens is 3. The fourth-order valence-electron chi connectivity index (χ4n) is 2.05. The number of allylic oxidation sites excluding steroid dienone is 1. The molecule has 4 nitrogen and oxygen atoms in total. The van der Waals surface area contributed by atoms with Crippen LogP contribution in [0.5, 0.6) is 5.75 Å². The fraction of sp³-hybridized carbons (Fsp3) is 0.158. The Morgan fingerprint density at radius 1 is 1.08 bits per heavy atom. The molecule has 0 amide bonds. The van der Waals surface area contributed by atoms with Crippen LogP contribution in [0.2, 0.25) is 0 Å². The Labute approximate surface area is 147 Å². The van der Waals surface area contributed by atoms with E-state index in [2.05, 4.69) is 0 Å². The van der Waals surface area contributed by atoms with E-state index >= 15 is 0 Å². The maximum Gasteiger partial charge on any atom is 0.416 e. The molecule has 2 rings (SSSR count). The van der Waals surface area contributed by atoms with Gasteiger partial charge in [0.15, 0.2) is 5.78 Å². The van der Waals surface area contributed by atoms with Crippen LogP contribution in [0, 0.1) is 0 Å². The summed E-state index contributed by atoms with van der Waals surface area (Å²) in [5, 5.41) is 8.53. The first-order chi connectivity index (χ1) is 12.3. The molecule has 0 aliphatic rings. The van der Waals surface area contributed by atoms with Gasteiger partial charge in [-0.15, -0.1) is 0 Å². The number of ketones is 1. The lowest BCUT2D eigenvalue weighted by Gasteiger charge is -2.07. The van der Waals surface area contributed by atoms with Gasteiger partial charge in [0.05, 0.1) is 18.6 Å². The molecule has 0 fully saturated rings. The van der Waals surface area contributed by atoms with Gasteiger partial charge in [-0.3, -0.25) is 9.59 Å². The van der Waals surface area contributed by atoms with E-state index in [9.17, 15) is 22.8 Å². The molecule has 0 aromatic heterocycles. The van der Waals surface area contributed by atoms with E-state index in [4.69, 9.17) is 9.84 Å². The molecule has 2 aromatic rings. The maximum atomic E-state index is 12.7. The second kappa shape index (κ2) is 8.33. The summed E-state index contributed by atoms with van der Waals surface area (Å²) < 4.78 is 43.3.